The minimum absolute atomic E-state index is 0.00141. The SMILES string of the molecule is COC(=O)CC#Cc1cccc(OC)c1C#N. The van der Waals surface area contributed by atoms with E-state index in [4.69, 9.17) is 10.00 Å². The molecule has 17 heavy (non-hydrogen) atoms. The van der Waals surface area contributed by atoms with Crippen LogP contribution >= 0.6 is 0 Å². The number of nitrogens with zero attached hydrogens (tertiary/aromatic N) is 1. The summed E-state index contributed by atoms with van der Waals surface area (Å²) in [6.07, 6.45) is -0.00141. The first-order valence-corrected chi connectivity index (χ1v) is 4.85. The molecule has 0 aliphatic rings. The maximum Gasteiger partial charge on any atom is 0.317 e. The van der Waals surface area contributed by atoms with E-state index in [0.717, 1.165) is 0 Å². The molecule has 0 saturated heterocycles. The van der Waals surface area contributed by atoms with E-state index in [1.165, 1.54) is 14.2 Å². The van der Waals surface area contributed by atoms with E-state index in [1.54, 1.807) is 18.2 Å². The Bertz CT molecular complexity index is 518. The van der Waals surface area contributed by atoms with E-state index >= 15 is 0 Å². The maximum absolute atomic E-state index is 10.9. The number of nitriles is 1. The molecule has 0 N–H and O–H groups in total. The van der Waals surface area contributed by atoms with Crippen molar-refractivity contribution in [3.05, 3.63) is 29.3 Å². The van der Waals surface area contributed by atoms with Gasteiger partial charge in [-0.2, -0.15) is 5.26 Å². The van der Waals surface area contributed by atoms with Crippen molar-refractivity contribution in [3.8, 4) is 23.7 Å². The molecule has 1 aromatic rings. The highest BCUT2D eigenvalue weighted by Crippen LogP contribution is 2.20. The molecular formula is C13H11NO3. The monoisotopic (exact) mass is 229 g/mol. The smallest absolute Gasteiger partial charge is 0.317 e. The van der Waals surface area contributed by atoms with Crippen LogP contribution in [0.3, 0.4) is 0 Å². The molecule has 86 valence electrons. The largest absolute Gasteiger partial charge is 0.495 e. The normalized spacial score (nSPS) is 8.53. The maximum atomic E-state index is 10.9. The molecule has 0 aliphatic carbocycles. The summed E-state index contributed by atoms with van der Waals surface area (Å²) in [5, 5.41) is 9.00. The lowest BCUT2D eigenvalue weighted by Crippen LogP contribution is -1.97. The van der Waals surface area contributed by atoms with Crippen molar-refractivity contribution in [1.82, 2.24) is 0 Å². The van der Waals surface area contributed by atoms with Gasteiger partial charge in [-0.25, -0.2) is 0 Å². The predicted molar refractivity (Wildman–Crippen MR) is 61.2 cm³/mol. The van der Waals surface area contributed by atoms with E-state index in [1.807, 2.05) is 6.07 Å². The van der Waals surface area contributed by atoms with Crippen LogP contribution in [0.4, 0.5) is 0 Å². The predicted octanol–water partition coefficient (Wildman–Crippen LogP) is 1.48. The van der Waals surface area contributed by atoms with Crippen LogP contribution in [0.2, 0.25) is 0 Å². The number of hydrogen-bond donors (Lipinski definition) is 0. The molecule has 4 nitrogen and oxygen atoms in total. The van der Waals surface area contributed by atoms with E-state index in [9.17, 15) is 4.79 Å². The minimum Gasteiger partial charge on any atom is -0.495 e. The quantitative estimate of drug-likeness (QED) is 0.569. The number of methoxy groups -OCH3 is 2. The molecule has 0 unspecified atom stereocenters. The Morgan fingerprint density at radius 3 is 2.76 bits per heavy atom. The Morgan fingerprint density at radius 1 is 1.41 bits per heavy atom. The second-order valence-corrected chi connectivity index (χ2v) is 3.05. The Kier molecular flexibility index (Phi) is 4.59. The highest BCUT2D eigenvalue weighted by molar-refractivity contribution is 5.72. The van der Waals surface area contributed by atoms with Gasteiger partial charge in [-0.05, 0) is 12.1 Å². The molecule has 0 fully saturated rings. The molecule has 0 heterocycles. The summed E-state index contributed by atoms with van der Waals surface area (Å²) in [5.41, 5.74) is 0.906. The lowest BCUT2D eigenvalue weighted by atomic mass is 10.1. The molecule has 0 aromatic heterocycles. The summed E-state index contributed by atoms with van der Waals surface area (Å²) >= 11 is 0. The first-order valence-electron chi connectivity index (χ1n) is 4.85. The summed E-state index contributed by atoms with van der Waals surface area (Å²) in [7, 11) is 2.79. The van der Waals surface area contributed by atoms with E-state index in [2.05, 4.69) is 16.6 Å². The summed E-state index contributed by atoms with van der Waals surface area (Å²) in [6.45, 7) is 0. The Morgan fingerprint density at radius 2 is 2.18 bits per heavy atom. The van der Waals surface area contributed by atoms with Crippen LogP contribution in [0, 0.1) is 23.2 Å². The third-order valence-electron chi connectivity index (χ3n) is 2.04. The van der Waals surface area contributed by atoms with E-state index in [-0.39, 0.29) is 6.42 Å². The van der Waals surface area contributed by atoms with Crippen LogP contribution in [0.1, 0.15) is 17.5 Å². The van der Waals surface area contributed by atoms with Gasteiger partial charge in [0.15, 0.2) is 0 Å². The summed E-state index contributed by atoms with van der Waals surface area (Å²) in [5.74, 6) is 5.46. The second-order valence-electron chi connectivity index (χ2n) is 3.05. The van der Waals surface area contributed by atoms with Crippen LogP contribution in [0.5, 0.6) is 5.75 Å². The van der Waals surface area contributed by atoms with Gasteiger partial charge in [0.05, 0.1) is 14.2 Å². The first kappa shape index (κ1) is 12.6. The minimum atomic E-state index is -0.404. The number of benzene rings is 1. The molecular weight excluding hydrogens is 218 g/mol. The van der Waals surface area contributed by atoms with Gasteiger partial charge >= 0.3 is 5.97 Å². The lowest BCUT2D eigenvalue weighted by molar-refractivity contribution is -0.139. The first-order chi connectivity index (χ1) is 8.22. The van der Waals surface area contributed by atoms with Crippen LogP contribution in [0.25, 0.3) is 0 Å². The van der Waals surface area contributed by atoms with Crippen LogP contribution < -0.4 is 4.74 Å². The van der Waals surface area contributed by atoms with Gasteiger partial charge in [-0.15, -0.1) is 0 Å². The molecule has 4 heteroatoms. The van der Waals surface area contributed by atoms with Gasteiger partial charge in [0, 0.05) is 5.56 Å². The zero-order valence-corrected chi connectivity index (χ0v) is 9.61. The second kappa shape index (κ2) is 6.19. The third-order valence-corrected chi connectivity index (χ3v) is 2.04. The molecule has 0 aliphatic heterocycles. The molecule has 0 saturated carbocycles. The molecule has 1 rings (SSSR count). The fourth-order valence-corrected chi connectivity index (χ4v) is 1.20. The van der Waals surface area contributed by atoms with E-state index < -0.39 is 5.97 Å². The summed E-state index contributed by atoms with van der Waals surface area (Å²) in [6, 6.07) is 7.15. The molecule has 1 aromatic carbocycles. The summed E-state index contributed by atoms with van der Waals surface area (Å²) in [4.78, 5) is 10.9. The van der Waals surface area contributed by atoms with Crippen molar-refractivity contribution in [3.63, 3.8) is 0 Å². The van der Waals surface area contributed by atoms with Crippen LogP contribution in [-0.4, -0.2) is 20.2 Å². The van der Waals surface area contributed by atoms with Crippen LogP contribution in [0.15, 0.2) is 18.2 Å². The molecule has 0 radical (unpaired) electrons. The number of ether oxygens (including phenoxy) is 2. The average molecular weight is 229 g/mol. The van der Waals surface area contributed by atoms with E-state index in [0.29, 0.717) is 16.9 Å². The zero-order chi connectivity index (χ0) is 12.7. The van der Waals surface area contributed by atoms with Crippen LogP contribution in [-0.2, 0) is 9.53 Å². The molecule has 0 spiro atoms. The van der Waals surface area contributed by atoms with Gasteiger partial charge in [0.1, 0.15) is 23.8 Å². The number of esters is 1. The number of carbonyl (C=O) groups excluding carboxylic acids is 1. The fourth-order valence-electron chi connectivity index (χ4n) is 1.20. The Balaban J connectivity index is 2.99. The van der Waals surface area contributed by atoms with Gasteiger partial charge in [-0.1, -0.05) is 17.9 Å². The molecule has 0 amide bonds. The van der Waals surface area contributed by atoms with Crippen molar-refractivity contribution in [2.45, 2.75) is 6.42 Å². The van der Waals surface area contributed by atoms with Crippen molar-refractivity contribution in [2.24, 2.45) is 0 Å². The van der Waals surface area contributed by atoms with Crippen molar-refractivity contribution in [1.29, 1.82) is 5.26 Å². The summed E-state index contributed by atoms with van der Waals surface area (Å²) < 4.78 is 9.50. The van der Waals surface area contributed by atoms with Crippen molar-refractivity contribution in [2.75, 3.05) is 14.2 Å². The Hall–Kier alpha value is -2.46. The highest BCUT2D eigenvalue weighted by atomic mass is 16.5. The highest BCUT2D eigenvalue weighted by Gasteiger charge is 2.05. The van der Waals surface area contributed by atoms with Gasteiger partial charge in [0.25, 0.3) is 0 Å². The molecule has 0 atom stereocenters. The van der Waals surface area contributed by atoms with Gasteiger partial charge in [0.2, 0.25) is 0 Å². The van der Waals surface area contributed by atoms with Gasteiger partial charge < -0.3 is 9.47 Å². The average Bonchev–Trinajstić information content (AvgIpc) is 2.37. The van der Waals surface area contributed by atoms with Gasteiger partial charge in [-0.3, -0.25) is 4.79 Å². The number of hydrogen-bond acceptors (Lipinski definition) is 4. The number of rotatable bonds is 2. The lowest BCUT2D eigenvalue weighted by Gasteiger charge is -2.02. The standard InChI is InChI=1S/C13H11NO3/c1-16-12-7-3-5-10(11(12)9-14)6-4-8-13(15)17-2/h3,5,7H,8H2,1-2H3. The van der Waals surface area contributed by atoms with Crippen molar-refractivity contribution < 1.29 is 14.3 Å². The molecule has 0 bridgehead atoms. The number of carbonyl (C=O) groups is 1. The zero-order valence-electron chi connectivity index (χ0n) is 9.61. The topological polar surface area (TPSA) is 59.3 Å². The van der Waals surface area contributed by atoms with Crippen molar-refractivity contribution >= 4 is 5.97 Å². The third kappa shape index (κ3) is 3.25. The fraction of sp³-hybridized carbons (Fsp3) is 0.231. The Labute approximate surface area is 99.8 Å².